The van der Waals surface area contributed by atoms with Crippen LogP contribution in [0.3, 0.4) is 0 Å². The fourth-order valence-electron chi connectivity index (χ4n) is 3.78. The van der Waals surface area contributed by atoms with Gasteiger partial charge in [-0.05, 0) is 42.8 Å². The van der Waals surface area contributed by atoms with Crippen molar-refractivity contribution < 1.29 is 4.79 Å². The molecule has 33 heavy (non-hydrogen) atoms. The number of thiocarbonyl (C=S) groups is 1. The Hall–Kier alpha value is -3.55. The molecule has 0 bridgehead atoms. The van der Waals surface area contributed by atoms with Gasteiger partial charge in [0.2, 0.25) is 0 Å². The number of para-hydroxylation sites is 1. The summed E-state index contributed by atoms with van der Waals surface area (Å²) >= 11 is 6.92. The lowest BCUT2D eigenvalue weighted by molar-refractivity contribution is -0.123. The number of benzene rings is 2. The monoisotopic (exact) mass is 468 g/mol. The lowest BCUT2D eigenvalue weighted by atomic mass is 10.1. The second-order valence-corrected chi connectivity index (χ2v) is 9.26. The lowest BCUT2D eigenvalue weighted by Gasteiger charge is -2.23. The molecule has 7 heteroatoms. The Bertz CT molecular complexity index is 1330. The van der Waals surface area contributed by atoms with Gasteiger partial charge in [-0.1, -0.05) is 72.5 Å². The molecule has 3 heterocycles. The predicted octanol–water partition coefficient (Wildman–Crippen LogP) is 5.90. The van der Waals surface area contributed by atoms with Gasteiger partial charge in [-0.3, -0.25) is 14.7 Å². The summed E-state index contributed by atoms with van der Waals surface area (Å²) in [4.78, 5) is 19.8. The molecule has 5 nitrogen and oxygen atoms in total. The lowest BCUT2D eigenvalue weighted by Crippen LogP contribution is -2.30. The third kappa shape index (κ3) is 4.25. The SMILES string of the molecule is CC(c1ccccc1)N1C(=O)C(=Cc2cn(-c3ccccc3)nc2-c2ccncc2)SC1=S. The maximum Gasteiger partial charge on any atom is 0.266 e. The van der Waals surface area contributed by atoms with E-state index in [4.69, 9.17) is 17.3 Å². The topological polar surface area (TPSA) is 51.0 Å². The van der Waals surface area contributed by atoms with Crippen LogP contribution in [0.4, 0.5) is 0 Å². The van der Waals surface area contributed by atoms with Crippen LogP contribution >= 0.6 is 24.0 Å². The van der Waals surface area contributed by atoms with Crippen molar-refractivity contribution in [1.29, 1.82) is 0 Å². The van der Waals surface area contributed by atoms with Crippen LogP contribution in [0, 0.1) is 0 Å². The normalized spacial score (nSPS) is 15.9. The largest absolute Gasteiger partial charge is 0.286 e. The second kappa shape index (κ2) is 9.13. The molecule has 162 valence electrons. The van der Waals surface area contributed by atoms with Crippen molar-refractivity contribution in [2.45, 2.75) is 13.0 Å². The van der Waals surface area contributed by atoms with E-state index in [9.17, 15) is 4.79 Å². The number of pyridine rings is 1. The van der Waals surface area contributed by atoms with Crippen molar-refractivity contribution in [3.05, 3.63) is 107 Å². The van der Waals surface area contributed by atoms with Crippen LogP contribution in [0.5, 0.6) is 0 Å². The molecule has 5 rings (SSSR count). The van der Waals surface area contributed by atoms with Gasteiger partial charge in [0.1, 0.15) is 10.0 Å². The van der Waals surface area contributed by atoms with Gasteiger partial charge < -0.3 is 0 Å². The molecule has 1 unspecified atom stereocenters. The Morgan fingerprint density at radius 1 is 0.970 bits per heavy atom. The maximum absolute atomic E-state index is 13.4. The van der Waals surface area contributed by atoms with Crippen molar-refractivity contribution >= 4 is 40.3 Å². The Balaban J connectivity index is 1.54. The van der Waals surface area contributed by atoms with E-state index in [1.807, 2.05) is 96.7 Å². The molecule has 1 aliphatic rings. The summed E-state index contributed by atoms with van der Waals surface area (Å²) in [6.07, 6.45) is 7.31. The third-order valence-electron chi connectivity index (χ3n) is 5.50. The van der Waals surface area contributed by atoms with Gasteiger partial charge in [0.05, 0.1) is 16.6 Å². The number of nitrogens with zero attached hydrogens (tertiary/aromatic N) is 4. The van der Waals surface area contributed by atoms with Crippen molar-refractivity contribution in [2.24, 2.45) is 0 Å². The highest BCUT2D eigenvalue weighted by molar-refractivity contribution is 8.26. The Morgan fingerprint density at radius 2 is 1.64 bits per heavy atom. The van der Waals surface area contributed by atoms with E-state index in [2.05, 4.69) is 4.98 Å². The van der Waals surface area contributed by atoms with Crippen LogP contribution in [0.1, 0.15) is 24.1 Å². The number of aromatic nitrogens is 3. The van der Waals surface area contributed by atoms with Gasteiger partial charge in [0.25, 0.3) is 5.91 Å². The van der Waals surface area contributed by atoms with Crippen LogP contribution in [0.15, 0.2) is 96.3 Å². The van der Waals surface area contributed by atoms with Crippen LogP contribution < -0.4 is 0 Å². The smallest absolute Gasteiger partial charge is 0.266 e. The van der Waals surface area contributed by atoms with Crippen molar-refractivity contribution in [1.82, 2.24) is 19.7 Å². The summed E-state index contributed by atoms with van der Waals surface area (Å²) < 4.78 is 2.39. The quantitative estimate of drug-likeness (QED) is 0.270. The highest BCUT2D eigenvalue weighted by atomic mass is 32.2. The zero-order chi connectivity index (χ0) is 22.8. The molecule has 1 amide bonds. The molecule has 1 fully saturated rings. The van der Waals surface area contributed by atoms with Gasteiger partial charge in [-0.25, -0.2) is 4.68 Å². The van der Waals surface area contributed by atoms with Crippen LogP contribution in [0.25, 0.3) is 23.0 Å². The highest BCUT2D eigenvalue weighted by Gasteiger charge is 2.36. The summed E-state index contributed by atoms with van der Waals surface area (Å²) in [5.41, 5.74) is 4.54. The molecular formula is C26H20N4OS2. The van der Waals surface area contributed by atoms with E-state index in [0.29, 0.717) is 9.23 Å². The number of thioether (sulfide) groups is 1. The molecule has 1 saturated heterocycles. The standard InChI is InChI=1S/C26H20N4OS2/c1-18(19-8-4-2-5-9-19)30-25(31)23(33-26(30)32)16-21-17-29(22-10-6-3-7-11-22)28-24(21)20-12-14-27-15-13-20/h2-18H,1H3. The number of rotatable bonds is 5. The van der Waals surface area contributed by atoms with Gasteiger partial charge in [-0.2, -0.15) is 5.10 Å². The first-order chi connectivity index (χ1) is 16.1. The number of hydrogen-bond acceptors (Lipinski definition) is 5. The molecule has 0 radical (unpaired) electrons. The minimum absolute atomic E-state index is 0.0884. The first-order valence-electron chi connectivity index (χ1n) is 10.5. The highest BCUT2D eigenvalue weighted by Crippen LogP contribution is 2.39. The molecular weight excluding hydrogens is 448 g/mol. The first-order valence-corrected chi connectivity index (χ1v) is 11.7. The summed E-state index contributed by atoms with van der Waals surface area (Å²) in [6.45, 7) is 2.00. The summed E-state index contributed by atoms with van der Waals surface area (Å²) in [6, 6.07) is 23.5. The molecule has 0 spiro atoms. The van der Waals surface area contributed by atoms with Crippen LogP contribution in [-0.4, -0.2) is 29.9 Å². The molecule has 1 aliphatic heterocycles. The van der Waals surface area contributed by atoms with E-state index in [1.165, 1.54) is 11.8 Å². The van der Waals surface area contributed by atoms with Crippen molar-refractivity contribution in [2.75, 3.05) is 0 Å². The van der Waals surface area contributed by atoms with Crippen LogP contribution in [0.2, 0.25) is 0 Å². The molecule has 2 aromatic heterocycles. The number of carbonyl (C=O) groups excluding carboxylic acids is 1. The summed E-state index contributed by atoms with van der Waals surface area (Å²) in [5.74, 6) is -0.0884. The fraction of sp³-hybridized carbons (Fsp3) is 0.0769. The number of carbonyl (C=O) groups is 1. The molecule has 0 N–H and O–H groups in total. The predicted molar refractivity (Wildman–Crippen MR) is 137 cm³/mol. The number of amides is 1. The van der Waals surface area contributed by atoms with Gasteiger partial charge in [-0.15, -0.1) is 0 Å². The molecule has 2 aromatic carbocycles. The summed E-state index contributed by atoms with van der Waals surface area (Å²) in [7, 11) is 0. The van der Waals surface area contributed by atoms with E-state index < -0.39 is 0 Å². The van der Waals surface area contributed by atoms with Crippen molar-refractivity contribution in [3.8, 4) is 16.9 Å². The van der Waals surface area contributed by atoms with Gasteiger partial charge in [0, 0.05) is 29.7 Å². The molecule has 1 atom stereocenters. The minimum atomic E-state index is -0.142. The Labute approximate surface area is 201 Å². The Morgan fingerprint density at radius 3 is 2.33 bits per heavy atom. The molecule has 4 aromatic rings. The number of hydrogen-bond donors (Lipinski definition) is 0. The third-order valence-corrected chi connectivity index (χ3v) is 6.83. The van der Waals surface area contributed by atoms with Gasteiger partial charge in [0.15, 0.2) is 0 Å². The fourth-order valence-corrected chi connectivity index (χ4v) is 5.19. The van der Waals surface area contributed by atoms with E-state index in [1.54, 1.807) is 17.3 Å². The van der Waals surface area contributed by atoms with Crippen LogP contribution in [-0.2, 0) is 4.79 Å². The first kappa shape index (κ1) is 21.3. The maximum atomic E-state index is 13.4. The average Bonchev–Trinajstić information content (AvgIpc) is 3.41. The van der Waals surface area contributed by atoms with E-state index in [0.717, 1.165) is 28.1 Å². The molecule has 0 saturated carbocycles. The average molecular weight is 469 g/mol. The minimum Gasteiger partial charge on any atom is -0.286 e. The zero-order valence-corrected chi connectivity index (χ0v) is 19.5. The second-order valence-electron chi connectivity index (χ2n) is 7.59. The van der Waals surface area contributed by atoms with Crippen molar-refractivity contribution in [3.63, 3.8) is 0 Å². The van der Waals surface area contributed by atoms with E-state index in [-0.39, 0.29) is 11.9 Å². The van der Waals surface area contributed by atoms with Gasteiger partial charge >= 0.3 is 0 Å². The molecule has 0 aliphatic carbocycles. The summed E-state index contributed by atoms with van der Waals surface area (Å²) in [5, 5.41) is 4.82. The Kier molecular flexibility index (Phi) is 5.90. The zero-order valence-electron chi connectivity index (χ0n) is 17.8. The van der Waals surface area contributed by atoms with E-state index >= 15 is 0 Å².